The van der Waals surface area contributed by atoms with Gasteiger partial charge < -0.3 is 11.1 Å². The van der Waals surface area contributed by atoms with Gasteiger partial charge in [-0.1, -0.05) is 49.1 Å². The molecule has 0 saturated heterocycles. The van der Waals surface area contributed by atoms with E-state index in [2.05, 4.69) is 5.32 Å². The molecule has 0 spiro atoms. The average Bonchev–Trinajstić information content (AvgIpc) is 2.47. The van der Waals surface area contributed by atoms with E-state index in [-0.39, 0.29) is 11.8 Å². The molecule has 2 rings (SSSR count). The summed E-state index contributed by atoms with van der Waals surface area (Å²) >= 11 is 0. The Kier molecular flexibility index (Phi) is 5.37. The number of hydrogen-bond acceptors (Lipinski definition) is 2. The molecule has 1 aromatic carbocycles. The van der Waals surface area contributed by atoms with Crippen molar-refractivity contribution >= 4 is 11.8 Å². The number of primary amides is 1. The molecular weight excluding hydrogens is 264 g/mol. The van der Waals surface area contributed by atoms with E-state index in [0.29, 0.717) is 6.42 Å². The molecule has 114 valence electrons. The Morgan fingerprint density at radius 3 is 2.62 bits per heavy atom. The topological polar surface area (TPSA) is 72.2 Å². The van der Waals surface area contributed by atoms with Gasteiger partial charge in [0, 0.05) is 12.3 Å². The molecule has 4 heteroatoms. The zero-order valence-electron chi connectivity index (χ0n) is 12.6. The number of aryl methyl sites for hydroxylation is 1. The van der Waals surface area contributed by atoms with Crippen molar-refractivity contribution in [2.45, 2.75) is 51.5 Å². The van der Waals surface area contributed by atoms with Crippen LogP contribution in [0.15, 0.2) is 24.3 Å². The number of carbonyl (C=O) groups is 2. The second kappa shape index (κ2) is 7.25. The molecular formula is C17H24N2O2. The Hall–Kier alpha value is -1.84. The van der Waals surface area contributed by atoms with Gasteiger partial charge >= 0.3 is 0 Å². The first kappa shape index (κ1) is 15.5. The number of rotatable bonds is 5. The van der Waals surface area contributed by atoms with Crippen LogP contribution in [0.5, 0.6) is 0 Å². The largest absolute Gasteiger partial charge is 0.368 e. The van der Waals surface area contributed by atoms with Crippen LogP contribution >= 0.6 is 0 Å². The maximum atomic E-state index is 12.3. The van der Waals surface area contributed by atoms with E-state index in [4.69, 9.17) is 5.73 Å². The van der Waals surface area contributed by atoms with Crippen molar-refractivity contribution in [3.63, 3.8) is 0 Å². The first-order valence-electron chi connectivity index (χ1n) is 7.71. The van der Waals surface area contributed by atoms with Crippen molar-refractivity contribution in [3.05, 3.63) is 35.4 Å². The van der Waals surface area contributed by atoms with Gasteiger partial charge in [0.05, 0.1) is 0 Å². The first-order valence-corrected chi connectivity index (χ1v) is 7.71. The van der Waals surface area contributed by atoms with E-state index in [0.717, 1.165) is 36.8 Å². The lowest BCUT2D eigenvalue weighted by Gasteiger charge is -2.23. The number of hydrogen-bond donors (Lipinski definition) is 2. The van der Waals surface area contributed by atoms with Crippen LogP contribution in [0.25, 0.3) is 0 Å². The van der Waals surface area contributed by atoms with Crippen molar-refractivity contribution in [1.82, 2.24) is 5.32 Å². The van der Waals surface area contributed by atoms with Crippen molar-refractivity contribution < 1.29 is 9.59 Å². The minimum absolute atomic E-state index is 0.0221. The van der Waals surface area contributed by atoms with E-state index in [1.54, 1.807) is 0 Å². The summed E-state index contributed by atoms with van der Waals surface area (Å²) in [4.78, 5) is 23.9. The number of nitrogens with one attached hydrogen (secondary N) is 1. The zero-order valence-corrected chi connectivity index (χ0v) is 12.6. The Labute approximate surface area is 126 Å². The fourth-order valence-electron chi connectivity index (χ4n) is 2.95. The van der Waals surface area contributed by atoms with Crippen LogP contribution in [0.1, 0.15) is 43.2 Å². The minimum Gasteiger partial charge on any atom is -0.368 e. The standard InChI is InChI=1S/C17H24N2O2/c1-12-6-5-7-13(10-12)11-15(16(18)20)19-17(21)14-8-3-2-4-9-14/h5-7,10,14-15H,2-4,8-9,11H2,1H3,(H2,18,20)(H,19,21)/t15-/m0/s1. The van der Waals surface area contributed by atoms with Gasteiger partial charge in [0.1, 0.15) is 6.04 Å². The summed E-state index contributed by atoms with van der Waals surface area (Å²) in [6, 6.07) is 7.30. The zero-order chi connectivity index (χ0) is 15.2. The molecule has 4 nitrogen and oxygen atoms in total. The third-order valence-electron chi connectivity index (χ3n) is 4.16. The van der Waals surface area contributed by atoms with Crippen LogP contribution in [0.3, 0.4) is 0 Å². The van der Waals surface area contributed by atoms with Gasteiger partial charge in [-0.3, -0.25) is 9.59 Å². The van der Waals surface area contributed by atoms with Crippen LogP contribution in [0.4, 0.5) is 0 Å². The quantitative estimate of drug-likeness (QED) is 0.870. The molecule has 1 atom stereocenters. The van der Waals surface area contributed by atoms with Gasteiger partial charge in [0.15, 0.2) is 0 Å². The predicted molar refractivity (Wildman–Crippen MR) is 82.6 cm³/mol. The summed E-state index contributed by atoms with van der Waals surface area (Å²) in [5, 5.41) is 2.84. The molecule has 0 unspecified atom stereocenters. The highest BCUT2D eigenvalue weighted by molar-refractivity contribution is 5.87. The smallest absolute Gasteiger partial charge is 0.240 e. The van der Waals surface area contributed by atoms with E-state index >= 15 is 0 Å². The second-order valence-corrected chi connectivity index (χ2v) is 5.99. The lowest BCUT2D eigenvalue weighted by molar-refractivity contribution is -0.130. The van der Waals surface area contributed by atoms with E-state index in [9.17, 15) is 9.59 Å². The molecule has 0 aromatic heterocycles. The molecule has 0 aliphatic heterocycles. The molecule has 1 fully saturated rings. The Bertz CT molecular complexity index is 507. The highest BCUT2D eigenvalue weighted by Crippen LogP contribution is 2.23. The normalized spacial score (nSPS) is 17.2. The van der Waals surface area contributed by atoms with Gasteiger partial charge in [0.2, 0.25) is 11.8 Å². The van der Waals surface area contributed by atoms with Crippen LogP contribution < -0.4 is 11.1 Å². The van der Waals surface area contributed by atoms with Gasteiger partial charge in [-0.25, -0.2) is 0 Å². The lowest BCUT2D eigenvalue weighted by atomic mass is 9.88. The molecule has 0 heterocycles. The number of benzene rings is 1. The van der Waals surface area contributed by atoms with Crippen molar-refractivity contribution in [3.8, 4) is 0 Å². The van der Waals surface area contributed by atoms with E-state index in [1.807, 2.05) is 31.2 Å². The maximum Gasteiger partial charge on any atom is 0.240 e. The van der Waals surface area contributed by atoms with Gasteiger partial charge in [0.25, 0.3) is 0 Å². The molecule has 3 N–H and O–H groups in total. The minimum atomic E-state index is -0.624. The second-order valence-electron chi connectivity index (χ2n) is 5.99. The summed E-state index contributed by atoms with van der Waals surface area (Å²) in [5.41, 5.74) is 7.60. The predicted octanol–water partition coefficient (Wildman–Crippen LogP) is 2.09. The molecule has 21 heavy (non-hydrogen) atoms. The molecule has 1 aliphatic carbocycles. The first-order chi connectivity index (χ1) is 10.1. The van der Waals surface area contributed by atoms with Crippen molar-refractivity contribution in [2.24, 2.45) is 11.7 Å². The van der Waals surface area contributed by atoms with Gasteiger partial charge in [-0.2, -0.15) is 0 Å². The summed E-state index contributed by atoms with van der Waals surface area (Å²) in [6.07, 6.45) is 5.68. The van der Waals surface area contributed by atoms with Gasteiger partial charge in [-0.15, -0.1) is 0 Å². The average molecular weight is 288 g/mol. The van der Waals surface area contributed by atoms with Crippen LogP contribution in [-0.4, -0.2) is 17.9 Å². The highest BCUT2D eigenvalue weighted by Gasteiger charge is 2.25. The van der Waals surface area contributed by atoms with Crippen molar-refractivity contribution in [2.75, 3.05) is 0 Å². The summed E-state index contributed by atoms with van der Waals surface area (Å²) in [6.45, 7) is 2.00. The fraction of sp³-hybridized carbons (Fsp3) is 0.529. The summed E-state index contributed by atoms with van der Waals surface area (Å²) < 4.78 is 0. The Morgan fingerprint density at radius 2 is 2.00 bits per heavy atom. The fourth-order valence-corrected chi connectivity index (χ4v) is 2.95. The third kappa shape index (κ3) is 4.59. The van der Waals surface area contributed by atoms with E-state index < -0.39 is 11.9 Å². The van der Waals surface area contributed by atoms with Crippen molar-refractivity contribution in [1.29, 1.82) is 0 Å². The molecule has 1 saturated carbocycles. The molecule has 1 aromatic rings. The number of amides is 2. The van der Waals surface area contributed by atoms with Crippen LogP contribution in [0.2, 0.25) is 0 Å². The molecule has 0 radical (unpaired) electrons. The van der Waals surface area contributed by atoms with E-state index in [1.165, 1.54) is 6.42 Å². The molecule has 1 aliphatic rings. The summed E-state index contributed by atoms with van der Waals surface area (Å²) in [5.74, 6) is -0.454. The number of carbonyl (C=O) groups excluding carboxylic acids is 2. The monoisotopic (exact) mass is 288 g/mol. The maximum absolute atomic E-state index is 12.3. The SMILES string of the molecule is Cc1cccc(C[C@H](NC(=O)C2CCCCC2)C(N)=O)c1. The van der Waals surface area contributed by atoms with Gasteiger partial charge in [-0.05, 0) is 25.3 Å². The lowest BCUT2D eigenvalue weighted by Crippen LogP contribution is -2.48. The number of nitrogens with two attached hydrogens (primary N) is 1. The Balaban J connectivity index is 1.98. The molecule has 0 bridgehead atoms. The van der Waals surface area contributed by atoms with Crippen LogP contribution in [0, 0.1) is 12.8 Å². The van der Waals surface area contributed by atoms with Crippen LogP contribution in [-0.2, 0) is 16.0 Å². The Morgan fingerprint density at radius 1 is 1.29 bits per heavy atom. The highest BCUT2D eigenvalue weighted by atomic mass is 16.2. The third-order valence-corrected chi connectivity index (χ3v) is 4.16. The summed E-state index contributed by atoms with van der Waals surface area (Å²) in [7, 11) is 0. The molecule has 2 amide bonds.